The van der Waals surface area contributed by atoms with Gasteiger partial charge in [0.05, 0.1) is 13.7 Å². The maximum absolute atomic E-state index is 14.0. The molecule has 1 aromatic heterocycles. The Kier molecular flexibility index (Phi) is 5.24. The van der Waals surface area contributed by atoms with Crippen molar-refractivity contribution in [3.63, 3.8) is 0 Å². The van der Waals surface area contributed by atoms with E-state index in [4.69, 9.17) is 9.47 Å². The average molecular weight is 310 g/mol. The van der Waals surface area contributed by atoms with Crippen LogP contribution in [-0.2, 0) is 4.74 Å². The summed E-state index contributed by atoms with van der Waals surface area (Å²) in [5, 5.41) is 4.71. The lowest BCUT2D eigenvalue weighted by Gasteiger charge is -2.03. The molecule has 2 rings (SSSR count). The Labute approximate surface area is 125 Å². The Hall–Kier alpha value is -1.99. The summed E-state index contributed by atoms with van der Waals surface area (Å²) >= 11 is 1.21. The Bertz CT molecular complexity index is 630. The number of nitrogens with zero attached hydrogens (tertiary/aromatic N) is 1. The van der Waals surface area contributed by atoms with Crippen LogP contribution in [0.2, 0.25) is 0 Å². The number of nitrogens with one attached hydrogen (secondary N) is 1. The van der Waals surface area contributed by atoms with Gasteiger partial charge in [-0.05, 0) is 12.1 Å². The summed E-state index contributed by atoms with van der Waals surface area (Å²) in [4.78, 5) is 16.0. The van der Waals surface area contributed by atoms with Crippen LogP contribution >= 0.6 is 11.3 Å². The van der Waals surface area contributed by atoms with Crippen molar-refractivity contribution in [3.8, 4) is 16.3 Å². The van der Waals surface area contributed by atoms with Gasteiger partial charge in [0.1, 0.15) is 22.3 Å². The quantitative estimate of drug-likeness (QED) is 0.832. The third-order valence-corrected chi connectivity index (χ3v) is 3.61. The fraction of sp³-hybridized carbons (Fsp3) is 0.286. The fourth-order valence-corrected chi connectivity index (χ4v) is 2.48. The summed E-state index contributed by atoms with van der Waals surface area (Å²) in [6.07, 6.45) is 0. The number of carbonyl (C=O) groups excluding carboxylic acids is 1. The van der Waals surface area contributed by atoms with E-state index in [0.717, 1.165) is 0 Å². The van der Waals surface area contributed by atoms with Crippen molar-refractivity contribution in [1.29, 1.82) is 0 Å². The minimum absolute atomic E-state index is 0.265. The first-order valence-electron chi connectivity index (χ1n) is 6.22. The number of aromatic nitrogens is 1. The van der Waals surface area contributed by atoms with Crippen LogP contribution in [0.5, 0.6) is 5.75 Å². The normalized spacial score (nSPS) is 10.4. The number of hydrogen-bond donors (Lipinski definition) is 1. The molecule has 7 heteroatoms. The monoisotopic (exact) mass is 310 g/mol. The topological polar surface area (TPSA) is 60.5 Å². The predicted octanol–water partition coefficient (Wildman–Crippen LogP) is 2.33. The van der Waals surface area contributed by atoms with E-state index in [0.29, 0.717) is 29.5 Å². The van der Waals surface area contributed by atoms with E-state index >= 15 is 0 Å². The van der Waals surface area contributed by atoms with Crippen molar-refractivity contribution in [2.45, 2.75) is 0 Å². The molecule has 0 aliphatic carbocycles. The number of benzene rings is 1. The summed E-state index contributed by atoms with van der Waals surface area (Å²) in [6.45, 7) is 0.828. The second-order valence-electron chi connectivity index (χ2n) is 4.13. The van der Waals surface area contributed by atoms with Gasteiger partial charge in [-0.15, -0.1) is 11.3 Å². The van der Waals surface area contributed by atoms with Gasteiger partial charge in [-0.2, -0.15) is 0 Å². The molecule has 1 amide bonds. The van der Waals surface area contributed by atoms with Crippen molar-refractivity contribution in [1.82, 2.24) is 10.3 Å². The van der Waals surface area contributed by atoms with Crippen molar-refractivity contribution in [2.75, 3.05) is 27.4 Å². The highest BCUT2D eigenvalue weighted by Crippen LogP contribution is 2.28. The summed E-state index contributed by atoms with van der Waals surface area (Å²) in [7, 11) is 3.03. The van der Waals surface area contributed by atoms with Crippen LogP contribution in [0.4, 0.5) is 4.39 Å². The van der Waals surface area contributed by atoms with E-state index in [1.165, 1.54) is 24.5 Å². The van der Waals surface area contributed by atoms with Crippen LogP contribution < -0.4 is 10.1 Å². The van der Waals surface area contributed by atoms with E-state index in [1.54, 1.807) is 24.6 Å². The molecular weight excluding hydrogens is 295 g/mol. The van der Waals surface area contributed by atoms with E-state index in [9.17, 15) is 9.18 Å². The highest BCUT2D eigenvalue weighted by Gasteiger charge is 2.14. The fourth-order valence-electron chi connectivity index (χ4n) is 1.66. The number of amides is 1. The highest BCUT2D eigenvalue weighted by atomic mass is 32.1. The Balaban J connectivity index is 2.14. The molecule has 5 nitrogen and oxygen atoms in total. The van der Waals surface area contributed by atoms with Gasteiger partial charge in [0, 0.05) is 30.7 Å². The number of halogens is 1. The van der Waals surface area contributed by atoms with Gasteiger partial charge in [-0.25, -0.2) is 9.37 Å². The third kappa shape index (κ3) is 3.77. The van der Waals surface area contributed by atoms with Gasteiger partial charge < -0.3 is 14.8 Å². The van der Waals surface area contributed by atoms with E-state index in [-0.39, 0.29) is 11.6 Å². The van der Waals surface area contributed by atoms with Gasteiger partial charge in [-0.3, -0.25) is 4.79 Å². The minimum atomic E-state index is -0.435. The van der Waals surface area contributed by atoms with Crippen LogP contribution in [0.1, 0.15) is 10.5 Å². The molecule has 0 unspecified atom stereocenters. The first-order chi connectivity index (χ1) is 10.2. The summed E-state index contributed by atoms with van der Waals surface area (Å²) < 4.78 is 23.7. The molecule has 1 heterocycles. The average Bonchev–Trinajstić information content (AvgIpc) is 2.97. The van der Waals surface area contributed by atoms with Gasteiger partial charge in [0.15, 0.2) is 0 Å². The SMILES string of the molecule is COCCNC(=O)c1csc(-c2ccc(OC)cc2F)n1. The van der Waals surface area contributed by atoms with Crippen LogP contribution in [0.3, 0.4) is 0 Å². The number of ether oxygens (including phenoxy) is 2. The second kappa shape index (κ2) is 7.14. The lowest BCUT2D eigenvalue weighted by atomic mass is 10.2. The smallest absolute Gasteiger partial charge is 0.270 e. The number of carbonyl (C=O) groups is 1. The molecular formula is C14H15FN2O3S. The summed E-state index contributed by atoms with van der Waals surface area (Å²) in [5.41, 5.74) is 0.609. The van der Waals surface area contributed by atoms with Gasteiger partial charge in [0.25, 0.3) is 5.91 Å². The molecule has 0 spiro atoms. The molecule has 21 heavy (non-hydrogen) atoms. The molecule has 0 saturated heterocycles. The lowest BCUT2D eigenvalue weighted by Crippen LogP contribution is -2.27. The largest absolute Gasteiger partial charge is 0.497 e. The van der Waals surface area contributed by atoms with E-state index in [1.807, 2.05) is 0 Å². The lowest BCUT2D eigenvalue weighted by molar-refractivity contribution is 0.0933. The standard InChI is InChI=1S/C14H15FN2O3S/c1-19-6-5-16-13(18)12-8-21-14(17-12)10-4-3-9(20-2)7-11(10)15/h3-4,7-8H,5-6H2,1-2H3,(H,16,18). The van der Waals surface area contributed by atoms with Crippen LogP contribution in [0.25, 0.3) is 10.6 Å². The van der Waals surface area contributed by atoms with Crippen LogP contribution in [0, 0.1) is 5.82 Å². The van der Waals surface area contributed by atoms with Gasteiger partial charge in [-0.1, -0.05) is 0 Å². The molecule has 0 aliphatic rings. The van der Waals surface area contributed by atoms with Crippen molar-refractivity contribution < 1.29 is 18.7 Å². The molecule has 112 valence electrons. The van der Waals surface area contributed by atoms with Crippen LogP contribution in [-0.4, -0.2) is 38.3 Å². The minimum Gasteiger partial charge on any atom is -0.497 e. The predicted molar refractivity (Wildman–Crippen MR) is 78.3 cm³/mol. The van der Waals surface area contributed by atoms with Crippen LogP contribution in [0.15, 0.2) is 23.6 Å². The zero-order valence-corrected chi connectivity index (χ0v) is 12.5. The molecule has 0 fully saturated rings. The zero-order chi connectivity index (χ0) is 15.2. The maximum Gasteiger partial charge on any atom is 0.270 e. The summed E-state index contributed by atoms with van der Waals surface area (Å²) in [6, 6.07) is 4.52. The number of rotatable bonds is 6. The molecule has 1 aromatic carbocycles. The molecule has 2 aromatic rings. The number of thiazole rings is 1. The first kappa shape index (κ1) is 15.4. The Morgan fingerprint density at radius 3 is 2.90 bits per heavy atom. The summed E-state index contributed by atoms with van der Waals surface area (Å²) in [5.74, 6) is -0.302. The highest BCUT2D eigenvalue weighted by molar-refractivity contribution is 7.13. The molecule has 0 bridgehead atoms. The Morgan fingerprint density at radius 1 is 1.43 bits per heavy atom. The molecule has 1 N–H and O–H groups in total. The number of methoxy groups -OCH3 is 2. The van der Waals surface area contributed by atoms with E-state index < -0.39 is 5.82 Å². The Morgan fingerprint density at radius 2 is 2.24 bits per heavy atom. The van der Waals surface area contributed by atoms with E-state index in [2.05, 4.69) is 10.3 Å². The second-order valence-corrected chi connectivity index (χ2v) is 4.99. The maximum atomic E-state index is 14.0. The number of hydrogen-bond acceptors (Lipinski definition) is 5. The van der Waals surface area contributed by atoms with Crippen molar-refractivity contribution in [2.24, 2.45) is 0 Å². The van der Waals surface area contributed by atoms with Crippen molar-refractivity contribution >= 4 is 17.2 Å². The molecule has 0 aliphatic heterocycles. The third-order valence-electron chi connectivity index (χ3n) is 2.74. The van der Waals surface area contributed by atoms with Gasteiger partial charge in [0.2, 0.25) is 0 Å². The molecule has 0 saturated carbocycles. The molecule has 0 atom stereocenters. The molecule has 0 radical (unpaired) electrons. The van der Waals surface area contributed by atoms with Crippen molar-refractivity contribution in [3.05, 3.63) is 35.1 Å². The first-order valence-corrected chi connectivity index (χ1v) is 7.10. The zero-order valence-electron chi connectivity index (χ0n) is 11.7. The van der Waals surface area contributed by atoms with Gasteiger partial charge >= 0.3 is 0 Å².